The third kappa shape index (κ3) is 2.48. The molecule has 1 fully saturated rings. The van der Waals surface area contributed by atoms with E-state index in [-0.39, 0.29) is 0 Å². The minimum atomic E-state index is 0.734. The van der Waals surface area contributed by atoms with Crippen molar-refractivity contribution in [2.45, 2.75) is 39.2 Å². The number of rotatable bonds is 5. The molecule has 0 radical (unpaired) electrons. The van der Waals surface area contributed by atoms with Crippen molar-refractivity contribution in [1.82, 2.24) is 10.3 Å². The summed E-state index contributed by atoms with van der Waals surface area (Å²) < 4.78 is 11.3. The molecule has 1 N–H and O–H groups in total. The van der Waals surface area contributed by atoms with Crippen LogP contribution in [0.5, 0.6) is 0 Å². The molecule has 2 aromatic heterocycles. The molecule has 0 unspecified atom stereocenters. The zero-order valence-electron chi connectivity index (χ0n) is 10.8. The van der Waals surface area contributed by atoms with Crippen molar-refractivity contribution in [2.24, 2.45) is 0 Å². The van der Waals surface area contributed by atoms with Crippen molar-refractivity contribution in [2.75, 3.05) is 6.54 Å². The van der Waals surface area contributed by atoms with E-state index in [0.29, 0.717) is 0 Å². The summed E-state index contributed by atoms with van der Waals surface area (Å²) in [4.78, 5) is 4.31. The second-order valence-corrected chi connectivity index (χ2v) is 4.92. The van der Waals surface area contributed by atoms with Crippen molar-refractivity contribution in [1.29, 1.82) is 0 Å². The highest BCUT2D eigenvalue weighted by Crippen LogP contribution is 2.27. The second-order valence-electron chi connectivity index (χ2n) is 4.92. The molecule has 0 saturated heterocycles. The predicted octanol–water partition coefficient (Wildman–Crippen LogP) is 2.85. The van der Waals surface area contributed by atoms with Crippen LogP contribution in [0.2, 0.25) is 0 Å². The van der Waals surface area contributed by atoms with Gasteiger partial charge in [-0.2, -0.15) is 0 Å². The first kappa shape index (κ1) is 11.5. The third-order valence-corrected chi connectivity index (χ3v) is 3.21. The van der Waals surface area contributed by atoms with Gasteiger partial charge < -0.3 is 14.2 Å². The van der Waals surface area contributed by atoms with E-state index >= 15 is 0 Å². The third-order valence-electron chi connectivity index (χ3n) is 3.21. The van der Waals surface area contributed by atoms with Crippen molar-refractivity contribution in [3.8, 4) is 11.3 Å². The van der Waals surface area contributed by atoms with Crippen molar-refractivity contribution < 1.29 is 8.83 Å². The van der Waals surface area contributed by atoms with E-state index in [1.54, 1.807) is 6.20 Å². The van der Waals surface area contributed by atoms with Gasteiger partial charge in [-0.05, 0) is 32.8 Å². The topological polar surface area (TPSA) is 51.2 Å². The van der Waals surface area contributed by atoms with Gasteiger partial charge in [0.25, 0.3) is 0 Å². The standard InChI is InChI=1S/C14H18N2O2/c1-9-7-12(10(2)17-9)13-8-16-14(18-13)5-6-15-11-3-4-11/h7-8,11,15H,3-6H2,1-2H3. The van der Waals surface area contributed by atoms with Crippen LogP contribution < -0.4 is 5.32 Å². The first-order valence-electron chi connectivity index (χ1n) is 6.48. The van der Waals surface area contributed by atoms with Crippen LogP contribution in [0.4, 0.5) is 0 Å². The molecule has 0 aliphatic heterocycles. The van der Waals surface area contributed by atoms with E-state index in [1.165, 1.54) is 12.8 Å². The van der Waals surface area contributed by atoms with Crippen LogP contribution in [-0.4, -0.2) is 17.6 Å². The summed E-state index contributed by atoms with van der Waals surface area (Å²) in [5.74, 6) is 3.37. The quantitative estimate of drug-likeness (QED) is 0.881. The highest BCUT2D eigenvalue weighted by atomic mass is 16.4. The summed E-state index contributed by atoms with van der Waals surface area (Å²) in [6.07, 6.45) is 5.24. The normalized spacial score (nSPS) is 15.2. The van der Waals surface area contributed by atoms with Gasteiger partial charge in [0.1, 0.15) is 11.5 Å². The van der Waals surface area contributed by atoms with Crippen LogP contribution in [-0.2, 0) is 6.42 Å². The highest BCUT2D eigenvalue weighted by molar-refractivity contribution is 5.59. The molecule has 0 atom stereocenters. The molecule has 2 aromatic rings. The summed E-state index contributed by atoms with van der Waals surface area (Å²) in [6, 6.07) is 2.72. The Labute approximate surface area is 106 Å². The molecular weight excluding hydrogens is 228 g/mol. The van der Waals surface area contributed by atoms with E-state index in [4.69, 9.17) is 8.83 Å². The summed E-state index contributed by atoms with van der Waals surface area (Å²) in [7, 11) is 0. The number of aryl methyl sites for hydroxylation is 2. The lowest BCUT2D eigenvalue weighted by Gasteiger charge is -1.98. The molecule has 4 nitrogen and oxygen atoms in total. The molecule has 4 heteroatoms. The maximum absolute atomic E-state index is 5.75. The summed E-state index contributed by atoms with van der Waals surface area (Å²) >= 11 is 0. The van der Waals surface area contributed by atoms with E-state index in [1.807, 2.05) is 19.9 Å². The summed E-state index contributed by atoms with van der Waals surface area (Å²) in [6.45, 7) is 4.82. The maximum atomic E-state index is 5.75. The molecule has 18 heavy (non-hydrogen) atoms. The number of nitrogens with one attached hydrogen (secondary N) is 1. The SMILES string of the molecule is Cc1cc(-c2cnc(CCNC3CC3)o2)c(C)o1. The monoisotopic (exact) mass is 246 g/mol. The van der Waals surface area contributed by atoms with Gasteiger partial charge in [-0.1, -0.05) is 0 Å². The maximum Gasteiger partial charge on any atom is 0.196 e. The molecule has 2 heterocycles. The van der Waals surface area contributed by atoms with Gasteiger partial charge in [0.05, 0.1) is 11.8 Å². The minimum absolute atomic E-state index is 0.734. The Balaban J connectivity index is 1.66. The molecular formula is C14H18N2O2. The van der Waals surface area contributed by atoms with Crippen molar-refractivity contribution in [3.05, 3.63) is 29.7 Å². The zero-order chi connectivity index (χ0) is 12.5. The molecule has 0 bridgehead atoms. The minimum Gasteiger partial charge on any atom is -0.466 e. The lowest BCUT2D eigenvalue weighted by molar-refractivity contribution is 0.487. The Kier molecular flexibility index (Phi) is 2.96. The molecule has 0 aromatic carbocycles. The predicted molar refractivity (Wildman–Crippen MR) is 68.4 cm³/mol. The van der Waals surface area contributed by atoms with E-state index in [0.717, 1.165) is 47.7 Å². The Hall–Kier alpha value is -1.55. The highest BCUT2D eigenvalue weighted by Gasteiger charge is 2.20. The Morgan fingerprint density at radius 1 is 1.33 bits per heavy atom. The van der Waals surface area contributed by atoms with Crippen LogP contribution in [0, 0.1) is 13.8 Å². The average molecular weight is 246 g/mol. The van der Waals surface area contributed by atoms with Crippen molar-refractivity contribution in [3.63, 3.8) is 0 Å². The molecule has 1 saturated carbocycles. The summed E-state index contributed by atoms with van der Waals surface area (Å²) in [5.41, 5.74) is 1.00. The second kappa shape index (κ2) is 4.61. The fraction of sp³-hybridized carbons (Fsp3) is 0.500. The molecule has 96 valence electrons. The number of aromatic nitrogens is 1. The fourth-order valence-corrected chi connectivity index (χ4v) is 2.10. The van der Waals surface area contributed by atoms with Gasteiger partial charge >= 0.3 is 0 Å². The van der Waals surface area contributed by atoms with Gasteiger partial charge in [0, 0.05) is 19.0 Å². The van der Waals surface area contributed by atoms with Crippen molar-refractivity contribution >= 4 is 0 Å². The lowest BCUT2D eigenvalue weighted by atomic mass is 10.2. The van der Waals surface area contributed by atoms with Crippen LogP contribution >= 0.6 is 0 Å². The van der Waals surface area contributed by atoms with Crippen LogP contribution in [0.3, 0.4) is 0 Å². The zero-order valence-corrected chi connectivity index (χ0v) is 10.8. The molecule has 1 aliphatic carbocycles. The van der Waals surface area contributed by atoms with Crippen LogP contribution in [0.15, 0.2) is 21.1 Å². The molecule has 0 amide bonds. The fourth-order valence-electron chi connectivity index (χ4n) is 2.10. The number of hydrogen-bond donors (Lipinski definition) is 1. The number of oxazole rings is 1. The Morgan fingerprint density at radius 2 is 2.17 bits per heavy atom. The Bertz CT molecular complexity index is 538. The number of nitrogens with zero attached hydrogens (tertiary/aromatic N) is 1. The molecule has 1 aliphatic rings. The van der Waals surface area contributed by atoms with Crippen LogP contribution in [0.25, 0.3) is 11.3 Å². The van der Waals surface area contributed by atoms with Gasteiger partial charge in [0.15, 0.2) is 11.7 Å². The summed E-state index contributed by atoms with van der Waals surface area (Å²) in [5, 5.41) is 3.45. The van der Waals surface area contributed by atoms with Gasteiger partial charge in [-0.3, -0.25) is 0 Å². The van der Waals surface area contributed by atoms with E-state index in [2.05, 4.69) is 10.3 Å². The van der Waals surface area contributed by atoms with Gasteiger partial charge in [-0.25, -0.2) is 4.98 Å². The smallest absolute Gasteiger partial charge is 0.196 e. The largest absolute Gasteiger partial charge is 0.466 e. The van der Waals surface area contributed by atoms with Gasteiger partial charge in [-0.15, -0.1) is 0 Å². The van der Waals surface area contributed by atoms with E-state index < -0.39 is 0 Å². The van der Waals surface area contributed by atoms with E-state index in [9.17, 15) is 0 Å². The Morgan fingerprint density at radius 3 is 2.83 bits per heavy atom. The van der Waals surface area contributed by atoms with Gasteiger partial charge in [0.2, 0.25) is 0 Å². The average Bonchev–Trinajstić information content (AvgIpc) is 2.92. The first-order chi connectivity index (χ1) is 8.72. The number of furan rings is 1. The van der Waals surface area contributed by atoms with Crippen LogP contribution in [0.1, 0.15) is 30.3 Å². The molecule has 3 rings (SSSR count). The lowest BCUT2D eigenvalue weighted by Crippen LogP contribution is -2.19. The number of hydrogen-bond acceptors (Lipinski definition) is 4. The first-order valence-corrected chi connectivity index (χ1v) is 6.48. The molecule has 0 spiro atoms.